The number of amides is 2. The van der Waals surface area contributed by atoms with Crippen molar-refractivity contribution in [3.8, 4) is 0 Å². The van der Waals surface area contributed by atoms with Gasteiger partial charge < -0.3 is 10.4 Å². The van der Waals surface area contributed by atoms with Crippen LogP contribution in [0.4, 0.5) is 0 Å². The van der Waals surface area contributed by atoms with E-state index >= 15 is 0 Å². The highest BCUT2D eigenvalue weighted by Crippen LogP contribution is 2.40. The molecule has 1 saturated heterocycles. The molecule has 0 unspecified atom stereocenters. The van der Waals surface area contributed by atoms with Gasteiger partial charge in [-0.1, -0.05) is 43.0 Å². The van der Waals surface area contributed by atoms with Crippen LogP contribution in [0.5, 0.6) is 0 Å². The smallest absolute Gasteiger partial charge is 0.352 e. The molecule has 0 aromatic heterocycles. The van der Waals surface area contributed by atoms with Gasteiger partial charge in [0.2, 0.25) is 5.91 Å². The first kappa shape index (κ1) is 18.6. The molecule has 1 fully saturated rings. The topological polar surface area (TPSA) is 86.7 Å². The Balaban J connectivity index is 1.55. The third-order valence-electron chi connectivity index (χ3n) is 4.11. The molecule has 2 N–H and O–H groups in total. The molecule has 0 bridgehead atoms. The van der Waals surface area contributed by atoms with Crippen molar-refractivity contribution >= 4 is 41.3 Å². The van der Waals surface area contributed by atoms with E-state index in [1.807, 2.05) is 30.3 Å². The van der Waals surface area contributed by atoms with E-state index in [-0.39, 0.29) is 28.6 Å². The molecular formula is C18H18N2O4S2. The first-order chi connectivity index (χ1) is 12.5. The summed E-state index contributed by atoms with van der Waals surface area (Å²) >= 11 is 2.90. The molecule has 1 aromatic carbocycles. The predicted octanol–water partition coefficient (Wildman–Crippen LogP) is 1.84. The number of aliphatic carboxylic acids is 1. The van der Waals surface area contributed by atoms with Gasteiger partial charge in [-0.25, -0.2) is 4.79 Å². The van der Waals surface area contributed by atoms with E-state index in [4.69, 9.17) is 0 Å². The zero-order chi connectivity index (χ0) is 18.7. The molecule has 136 valence electrons. The molecule has 3 rings (SSSR count). The van der Waals surface area contributed by atoms with E-state index in [1.165, 1.54) is 34.5 Å². The molecule has 2 heterocycles. The molecule has 2 aliphatic heterocycles. The number of carboxylic acids is 1. The van der Waals surface area contributed by atoms with Crippen LogP contribution in [0.3, 0.4) is 0 Å². The summed E-state index contributed by atoms with van der Waals surface area (Å²) in [6.07, 6.45) is 1.46. The van der Waals surface area contributed by atoms with Crippen molar-refractivity contribution in [3.63, 3.8) is 0 Å². The number of allylic oxidation sites excluding steroid dienone is 1. The van der Waals surface area contributed by atoms with Crippen LogP contribution in [-0.4, -0.2) is 50.7 Å². The number of hydrogen-bond donors (Lipinski definition) is 2. The van der Waals surface area contributed by atoms with E-state index in [9.17, 15) is 19.5 Å². The number of β-lactam (4-membered cyclic amide) rings is 1. The average Bonchev–Trinajstić information content (AvgIpc) is 2.65. The highest BCUT2D eigenvalue weighted by molar-refractivity contribution is 8.00. The first-order valence-electron chi connectivity index (χ1n) is 7.97. The van der Waals surface area contributed by atoms with Crippen LogP contribution in [0.1, 0.15) is 5.56 Å². The van der Waals surface area contributed by atoms with Crippen molar-refractivity contribution < 1.29 is 19.5 Å². The highest BCUT2D eigenvalue weighted by Gasteiger charge is 2.53. The van der Waals surface area contributed by atoms with Crippen LogP contribution in [0, 0.1) is 0 Å². The van der Waals surface area contributed by atoms with Crippen molar-refractivity contribution in [2.45, 2.75) is 17.2 Å². The van der Waals surface area contributed by atoms with E-state index in [1.54, 1.807) is 0 Å². The van der Waals surface area contributed by atoms with Crippen LogP contribution in [0.2, 0.25) is 0 Å². The van der Waals surface area contributed by atoms with Crippen molar-refractivity contribution in [2.24, 2.45) is 0 Å². The summed E-state index contributed by atoms with van der Waals surface area (Å²) < 4.78 is 0. The Morgan fingerprint density at radius 2 is 2.12 bits per heavy atom. The molecule has 0 saturated carbocycles. The fourth-order valence-electron chi connectivity index (χ4n) is 2.85. The number of rotatable bonds is 7. The van der Waals surface area contributed by atoms with Gasteiger partial charge in [0.25, 0.3) is 5.91 Å². The third-order valence-corrected chi connectivity index (χ3v) is 6.41. The number of hydrogen-bond acceptors (Lipinski definition) is 5. The molecule has 2 atom stereocenters. The quantitative estimate of drug-likeness (QED) is 0.691. The molecule has 8 heteroatoms. The van der Waals surface area contributed by atoms with E-state index in [2.05, 4.69) is 11.9 Å². The molecule has 1 aromatic rings. The molecule has 6 nitrogen and oxygen atoms in total. The fraction of sp³-hybridized carbons (Fsp3) is 0.278. The van der Waals surface area contributed by atoms with Crippen LogP contribution in [-0.2, 0) is 20.1 Å². The second-order valence-electron chi connectivity index (χ2n) is 5.82. The number of carbonyl (C=O) groups is 3. The van der Waals surface area contributed by atoms with Crippen LogP contribution in [0.15, 0.2) is 54.3 Å². The number of nitrogens with zero attached hydrogens (tertiary/aromatic N) is 1. The summed E-state index contributed by atoms with van der Waals surface area (Å²) in [6.45, 7) is 3.61. The normalized spacial score (nSPS) is 21.7. The largest absolute Gasteiger partial charge is 0.477 e. The third kappa shape index (κ3) is 3.66. The highest BCUT2D eigenvalue weighted by atomic mass is 32.2. The van der Waals surface area contributed by atoms with E-state index < -0.39 is 12.0 Å². The van der Waals surface area contributed by atoms with Gasteiger partial charge in [0, 0.05) is 11.5 Å². The Hall–Kier alpha value is -2.19. The van der Waals surface area contributed by atoms with Gasteiger partial charge in [0.15, 0.2) is 0 Å². The molecule has 2 aliphatic rings. The Morgan fingerprint density at radius 1 is 1.38 bits per heavy atom. The van der Waals surface area contributed by atoms with Gasteiger partial charge in [-0.2, -0.15) is 0 Å². The maximum absolute atomic E-state index is 12.4. The second kappa shape index (κ2) is 8.01. The molecule has 0 aliphatic carbocycles. The van der Waals surface area contributed by atoms with Crippen LogP contribution in [0.25, 0.3) is 0 Å². The van der Waals surface area contributed by atoms with Crippen molar-refractivity contribution in [1.29, 1.82) is 0 Å². The summed E-state index contributed by atoms with van der Waals surface area (Å²) in [6, 6.07) is 9.15. The van der Waals surface area contributed by atoms with Gasteiger partial charge >= 0.3 is 5.97 Å². The molecule has 2 amide bonds. The number of carbonyl (C=O) groups excluding carboxylic acids is 2. The van der Waals surface area contributed by atoms with Crippen molar-refractivity contribution in [1.82, 2.24) is 10.2 Å². The van der Waals surface area contributed by atoms with Gasteiger partial charge in [0.1, 0.15) is 17.1 Å². The van der Waals surface area contributed by atoms with Gasteiger partial charge in [-0.3, -0.25) is 14.5 Å². The van der Waals surface area contributed by atoms with Crippen LogP contribution < -0.4 is 5.32 Å². The lowest BCUT2D eigenvalue weighted by Gasteiger charge is -2.49. The minimum atomic E-state index is -1.15. The SMILES string of the molecule is C=CC1=C(C(=O)O)N2C(=O)[C@@H](NC(=O)CSCc3ccccc3)[C@@H]2SC1. The number of thioether (sulfide) groups is 2. The van der Waals surface area contributed by atoms with E-state index in [0.29, 0.717) is 17.1 Å². The zero-order valence-corrected chi connectivity index (χ0v) is 15.5. The maximum atomic E-state index is 12.4. The summed E-state index contributed by atoms with van der Waals surface area (Å²) in [5, 5.41) is 11.7. The Kier molecular flexibility index (Phi) is 5.73. The lowest BCUT2D eigenvalue weighted by Crippen LogP contribution is -2.70. The predicted molar refractivity (Wildman–Crippen MR) is 102 cm³/mol. The number of fused-ring (bicyclic) bond motifs is 1. The van der Waals surface area contributed by atoms with Gasteiger partial charge in [-0.05, 0) is 11.1 Å². The first-order valence-corrected chi connectivity index (χ1v) is 10.2. The fourth-order valence-corrected chi connectivity index (χ4v) is 4.99. The monoisotopic (exact) mass is 390 g/mol. The standard InChI is InChI=1S/C18H18N2O4S2/c1-2-12-9-26-17-14(16(22)20(17)15(12)18(23)24)19-13(21)10-25-8-11-6-4-3-5-7-11/h2-7,14,17H,1,8-10H2,(H,19,21)(H,23,24)/t14-,17+/m1/s1. The summed E-state index contributed by atoms with van der Waals surface area (Å²) in [5.41, 5.74) is 1.63. The van der Waals surface area contributed by atoms with Crippen molar-refractivity contribution in [3.05, 3.63) is 59.8 Å². The summed E-state index contributed by atoms with van der Waals surface area (Å²) in [5.74, 6) is -0.349. The van der Waals surface area contributed by atoms with Crippen molar-refractivity contribution in [2.75, 3.05) is 11.5 Å². The van der Waals surface area contributed by atoms with E-state index in [0.717, 1.165) is 5.56 Å². The molecular weight excluding hydrogens is 372 g/mol. The van der Waals surface area contributed by atoms with Gasteiger partial charge in [0.05, 0.1) is 5.75 Å². The van der Waals surface area contributed by atoms with Crippen LogP contribution >= 0.6 is 23.5 Å². The maximum Gasteiger partial charge on any atom is 0.352 e. The number of carboxylic acid groups (broad SMARTS) is 1. The number of benzene rings is 1. The molecule has 0 radical (unpaired) electrons. The Bertz CT molecular complexity index is 779. The lowest BCUT2D eigenvalue weighted by atomic mass is 10.0. The minimum absolute atomic E-state index is 0.0299. The average molecular weight is 390 g/mol. The summed E-state index contributed by atoms with van der Waals surface area (Å²) in [4.78, 5) is 37.2. The summed E-state index contributed by atoms with van der Waals surface area (Å²) in [7, 11) is 0. The number of nitrogens with one attached hydrogen (secondary N) is 1. The Morgan fingerprint density at radius 3 is 2.77 bits per heavy atom. The second-order valence-corrected chi connectivity index (χ2v) is 7.91. The lowest BCUT2D eigenvalue weighted by molar-refractivity contribution is -0.150. The zero-order valence-electron chi connectivity index (χ0n) is 13.9. The molecule has 0 spiro atoms. The Labute approximate surface area is 159 Å². The minimum Gasteiger partial charge on any atom is -0.477 e. The van der Waals surface area contributed by atoms with Gasteiger partial charge in [-0.15, -0.1) is 23.5 Å². The molecule has 26 heavy (non-hydrogen) atoms.